The molecule has 2 aliphatic carbocycles. The second-order valence-electron chi connectivity index (χ2n) is 13.7. The van der Waals surface area contributed by atoms with Crippen LogP contribution in [0.1, 0.15) is 35.4 Å². The van der Waals surface area contributed by atoms with Gasteiger partial charge in [0.15, 0.2) is 0 Å². The predicted octanol–water partition coefficient (Wildman–Crippen LogP) is 6.59. The minimum Gasteiger partial charge on any atom is -0.507 e. The summed E-state index contributed by atoms with van der Waals surface area (Å²) in [6, 6.07) is 22.3. The SMILES string of the molecule is Cc1cccc(C2C3=CCC4C(=O)N(c5cccc([N+](=O)[O-])c5)C(=O)C4C3CC3C(=O)N(Nc4ccc(F)cc4)C(=O)C32c2ccc(Cl)cc2)c1O. The van der Waals surface area contributed by atoms with E-state index in [-0.39, 0.29) is 35.7 Å². The molecule has 4 aliphatic rings. The molecule has 2 heterocycles. The van der Waals surface area contributed by atoms with Crippen molar-refractivity contribution in [2.24, 2.45) is 23.7 Å². The number of imide groups is 2. The molecule has 1 saturated carbocycles. The molecule has 2 aliphatic heterocycles. The number of hydrogen-bond acceptors (Lipinski definition) is 8. The summed E-state index contributed by atoms with van der Waals surface area (Å²) in [5, 5.41) is 24.6. The van der Waals surface area contributed by atoms with Crippen molar-refractivity contribution in [2.75, 3.05) is 10.3 Å². The first-order chi connectivity index (χ1) is 24.9. The van der Waals surface area contributed by atoms with Crippen LogP contribution in [0.25, 0.3) is 0 Å². The Kier molecular flexibility index (Phi) is 7.76. The van der Waals surface area contributed by atoms with Crippen LogP contribution in [0.5, 0.6) is 5.75 Å². The lowest BCUT2D eigenvalue weighted by molar-refractivity contribution is -0.384. The van der Waals surface area contributed by atoms with Crippen molar-refractivity contribution >= 4 is 52.3 Å². The number of allylic oxidation sites excluding steroid dienone is 2. The van der Waals surface area contributed by atoms with Gasteiger partial charge in [0.2, 0.25) is 11.8 Å². The lowest BCUT2D eigenvalue weighted by Gasteiger charge is -2.50. The number of nitrogens with one attached hydrogen (secondary N) is 1. The second-order valence-corrected chi connectivity index (χ2v) is 14.1. The van der Waals surface area contributed by atoms with Crippen LogP contribution >= 0.6 is 11.6 Å². The average molecular weight is 721 g/mol. The number of nitrogens with zero attached hydrogens (tertiary/aromatic N) is 3. The first kappa shape index (κ1) is 33.3. The summed E-state index contributed by atoms with van der Waals surface area (Å²) < 4.78 is 13.8. The number of aromatic hydroxyl groups is 1. The summed E-state index contributed by atoms with van der Waals surface area (Å²) in [7, 11) is 0. The van der Waals surface area contributed by atoms with E-state index >= 15 is 4.79 Å². The van der Waals surface area contributed by atoms with Crippen LogP contribution < -0.4 is 10.3 Å². The molecule has 4 aromatic rings. The van der Waals surface area contributed by atoms with Gasteiger partial charge in [0, 0.05) is 28.6 Å². The Morgan fingerprint density at radius 3 is 2.35 bits per heavy atom. The monoisotopic (exact) mass is 720 g/mol. The van der Waals surface area contributed by atoms with E-state index in [2.05, 4.69) is 5.43 Å². The van der Waals surface area contributed by atoms with Gasteiger partial charge >= 0.3 is 0 Å². The Morgan fingerprint density at radius 2 is 1.63 bits per heavy atom. The van der Waals surface area contributed by atoms with Gasteiger partial charge in [0.25, 0.3) is 17.5 Å². The van der Waals surface area contributed by atoms with Crippen LogP contribution in [-0.2, 0) is 24.6 Å². The molecule has 13 heteroatoms. The molecule has 2 saturated heterocycles. The first-order valence-electron chi connectivity index (χ1n) is 16.7. The first-order valence-corrected chi connectivity index (χ1v) is 17.1. The van der Waals surface area contributed by atoms with Crippen molar-refractivity contribution in [3.63, 3.8) is 0 Å². The summed E-state index contributed by atoms with van der Waals surface area (Å²) >= 11 is 6.33. The number of para-hydroxylation sites is 1. The lowest BCUT2D eigenvalue weighted by Crippen LogP contribution is -2.53. The minimum absolute atomic E-state index is 0.00727. The van der Waals surface area contributed by atoms with Gasteiger partial charge in [-0.2, -0.15) is 5.01 Å². The molecule has 8 rings (SSSR count). The summed E-state index contributed by atoms with van der Waals surface area (Å²) in [4.78, 5) is 70.3. The fourth-order valence-corrected chi connectivity index (χ4v) is 9.04. The fourth-order valence-electron chi connectivity index (χ4n) is 8.91. The third-order valence-corrected chi connectivity index (χ3v) is 11.4. The number of hydrazine groups is 1. The number of carbonyl (C=O) groups excluding carboxylic acids is 4. The third kappa shape index (κ3) is 4.77. The molecule has 52 heavy (non-hydrogen) atoms. The van der Waals surface area contributed by atoms with E-state index in [0.717, 1.165) is 9.91 Å². The highest BCUT2D eigenvalue weighted by Gasteiger charge is 2.70. The zero-order valence-electron chi connectivity index (χ0n) is 27.5. The van der Waals surface area contributed by atoms with E-state index in [9.17, 15) is 34.0 Å². The Bertz CT molecular complexity index is 2240. The zero-order chi connectivity index (χ0) is 36.6. The molecular formula is C39H30ClFN4O7. The topological polar surface area (TPSA) is 150 Å². The molecule has 3 fully saturated rings. The van der Waals surface area contributed by atoms with Gasteiger partial charge < -0.3 is 5.11 Å². The molecule has 262 valence electrons. The number of phenolic OH excluding ortho intramolecular Hbond substituents is 1. The highest BCUT2D eigenvalue weighted by molar-refractivity contribution is 6.30. The molecular weight excluding hydrogens is 691 g/mol. The number of amides is 4. The van der Waals surface area contributed by atoms with Gasteiger partial charge in [0.05, 0.1) is 39.5 Å². The van der Waals surface area contributed by atoms with Gasteiger partial charge in [0.1, 0.15) is 11.6 Å². The molecule has 11 nitrogen and oxygen atoms in total. The number of fused-ring (bicyclic) bond motifs is 4. The molecule has 0 aromatic heterocycles. The summed E-state index contributed by atoms with van der Waals surface area (Å²) in [5.41, 5.74) is 3.29. The van der Waals surface area contributed by atoms with Gasteiger partial charge in [-0.05, 0) is 79.3 Å². The quantitative estimate of drug-likeness (QED) is 0.0981. The van der Waals surface area contributed by atoms with Crippen molar-refractivity contribution in [3.8, 4) is 5.75 Å². The van der Waals surface area contributed by atoms with E-state index in [1.165, 1.54) is 48.5 Å². The van der Waals surface area contributed by atoms with Gasteiger partial charge in [-0.3, -0.25) is 34.7 Å². The number of nitro groups is 1. The maximum Gasteiger partial charge on any atom is 0.271 e. The molecule has 6 atom stereocenters. The largest absolute Gasteiger partial charge is 0.507 e. The number of non-ortho nitro benzene ring substituents is 1. The number of hydrogen-bond donors (Lipinski definition) is 2. The van der Waals surface area contributed by atoms with Crippen LogP contribution in [0.4, 0.5) is 21.5 Å². The van der Waals surface area contributed by atoms with Gasteiger partial charge in [-0.15, -0.1) is 0 Å². The Balaban J connectivity index is 1.32. The summed E-state index contributed by atoms with van der Waals surface area (Å²) in [5.74, 6) is -7.46. The standard InChI is InChI=1S/C39H30ClFN4O7/c1-20-4-2-7-29(34(20)46)33-27-16-17-28-32(37(49)43(35(28)47)25-5-3-6-26(18-25)45(51)52)30(27)19-31-36(48)44(42-24-14-12-23(41)13-15-24)38(50)39(31,33)21-8-10-22(40)11-9-21/h2-16,18,28,30-33,42,46H,17,19H2,1H3. The normalized spacial score (nSPS) is 26.5. The maximum atomic E-state index is 15.2. The number of anilines is 2. The number of carbonyl (C=O) groups is 4. The summed E-state index contributed by atoms with van der Waals surface area (Å²) in [6.07, 6.45) is 1.96. The van der Waals surface area contributed by atoms with E-state index in [1.54, 1.807) is 49.4 Å². The smallest absolute Gasteiger partial charge is 0.271 e. The lowest BCUT2D eigenvalue weighted by atomic mass is 9.49. The van der Waals surface area contributed by atoms with Crippen molar-refractivity contribution < 1.29 is 33.6 Å². The molecule has 0 radical (unpaired) electrons. The number of nitro benzene ring substituents is 1. The van der Waals surface area contributed by atoms with E-state index < -0.39 is 69.4 Å². The van der Waals surface area contributed by atoms with Crippen LogP contribution in [0.3, 0.4) is 0 Å². The molecule has 0 bridgehead atoms. The molecule has 0 spiro atoms. The van der Waals surface area contributed by atoms with E-state index in [0.29, 0.717) is 27.3 Å². The number of phenols is 1. The van der Waals surface area contributed by atoms with E-state index in [4.69, 9.17) is 11.6 Å². The van der Waals surface area contributed by atoms with Crippen molar-refractivity contribution in [2.45, 2.75) is 31.1 Å². The highest BCUT2D eigenvalue weighted by Crippen LogP contribution is 2.65. The Hall–Kier alpha value is -5.88. The van der Waals surface area contributed by atoms with Crippen molar-refractivity contribution in [1.82, 2.24) is 5.01 Å². The third-order valence-electron chi connectivity index (χ3n) is 11.1. The average Bonchev–Trinajstić information content (AvgIpc) is 3.51. The molecule has 6 unspecified atom stereocenters. The van der Waals surface area contributed by atoms with Crippen LogP contribution in [0, 0.1) is 46.5 Å². The second kappa shape index (κ2) is 12.1. The number of aryl methyl sites for hydroxylation is 1. The van der Waals surface area contributed by atoms with Crippen molar-refractivity contribution in [3.05, 3.63) is 140 Å². The highest BCUT2D eigenvalue weighted by atomic mass is 35.5. The van der Waals surface area contributed by atoms with Crippen LogP contribution in [-0.4, -0.2) is 38.7 Å². The number of rotatable bonds is 6. The molecule has 4 aromatic carbocycles. The predicted molar refractivity (Wildman–Crippen MR) is 187 cm³/mol. The van der Waals surface area contributed by atoms with Crippen LogP contribution in [0.15, 0.2) is 103 Å². The van der Waals surface area contributed by atoms with Gasteiger partial charge in [-0.25, -0.2) is 9.29 Å². The Labute approximate surface area is 301 Å². The van der Waals surface area contributed by atoms with Crippen LogP contribution in [0.2, 0.25) is 5.02 Å². The molecule has 2 N–H and O–H groups in total. The fraction of sp³-hybridized carbons (Fsp3) is 0.231. The van der Waals surface area contributed by atoms with E-state index in [1.807, 2.05) is 6.08 Å². The number of halogens is 2. The maximum absolute atomic E-state index is 15.2. The minimum atomic E-state index is -1.65. The number of benzene rings is 4. The van der Waals surface area contributed by atoms with Crippen molar-refractivity contribution in [1.29, 1.82) is 0 Å². The van der Waals surface area contributed by atoms with Gasteiger partial charge in [-0.1, -0.05) is 59.6 Å². The summed E-state index contributed by atoms with van der Waals surface area (Å²) in [6.45, 7) is 1.72. The zero-order valence-corrected chi connectivity index (χ0v) is 28.3. The Morgan fingerprint density at radius 1 is 0.923 bits per heavy atom. The molecule has 4 amide bonds.